The summed E-state index contributed by atoms with van der Waals surface area (Å²) in [6.07, 6.45) is 2.47. The first kappa shape index (κ1) is 19.6. The molecule has 2 heterocycles. The zero-order valence-corrected chi connectivity index (χ0v) is 17.0. The fraction of sp³-hybridized carbons (Fsp3) is 0.579. The van der Waals surface area contributed by atoms with Crippen molar-refractivity contribution in [3.8, 4) is 5.75 Å². The van der Waals surface area contributed by atoms with E-state index in [4.69, 9.17) is 26.8 Å². The van der Waals surface area contributed by atoms with Crippen molar-refractivity contribution >= 4 is 34.7 Å². The van der Waals surface area contributed by atoms with Gasteiger partial charge in [0.05, 0.1) is 24.2 Å². The minimum Gasteiger partial charge on any atom is -0.495 e. The van der Waals surface area contributed by atoms with Crippen LogP contribution in [0.15, 0.2) is 12.1 Å². The molecule has 1 amide bonds. The van der Waals surface area contributed by atoms with Crippen molar-refractivity contribution in [1.29, 1.82) is 0 Å². The third kappa shape index (κ3) is 4.08. The molecule has 27 heavy (non-hydrogen) atoms. The zero-order chi connectivity index (χ0) is 19.8. The topological polar surface area (TPSA) is 82.6 Å². The van der Waals surface area contributed by atoms with Gasteiger partial charge in [-0.3, -0.25) is 0 Å². The summed E-state index contributed by atoms with van der Waals surface area (Å²) in [5.74, 6) is 0.958. The van der Waals surface area contributed by atoms with Gasteiger partial charge in [-0.25, -0.2) is 9.78 Å². The van der Waals surface area contributed by atoms with Crippen molar-refractivity contribution < 1.29 is 14.3 Å². The first-order valence-corrected chi connectivity index (χ1v) is 9.57. The molecule has 0 bridgehead atoms. The number of amides is 1. The van der Waals surface area contributed by atoms with Crippen LogP contribution in [0.2, 0.25) is 5.02 Å². The molecule has 0 aliphatic carbocycles. The number of aromatic nitrogens is 2. The van der Waals surface area contributed by atoms with E-state index < -0.39 is 5.60 Å². The third-order valence-corrected chi connectivity index (χ3v) is 5.03. The van der Waals surface area contributed by atoms with Gasteiger partial charge in [0.15, 0.2) is 0 Å². The number of nitrogen functional groups attached to an aromatic ring is 1. The second kappa shape index (κ2) is 7.46. The maximum atomic E-state index is 12.6. The molecule has 0 saturated carbocycles. The highest BCUT2D eigenvalue weighted by Crippen LogP contribution is 2.37. The molecule has 0 spiro atoms. The lowest BCUT2D eigenvalue weighted by Crippen LogP contribution is -2.39. The van der Waals surface area contributed by atoms with E-state index >= 15 is 0 Å². The van der Waals surface area contributed by atoms with Gasteiger partial charge in [-0.15, -0.1) is 0 Å². The maximum absolute atomic E-state index is 12.6. The lowest BCUT2D eigenvalue weighted by molar-refractivity contribution is 0.0238. The van der Waals surface area contributed by atoms with Crippen LogP contribution in [0, 0.1) is 0 Å². The van der Waals surface area contributed by atoms with E-state index in [0.717, 1.165) is 24.8 Å². The number of anilines is 1. The molecule has 2 aromatic rings. The molecule has 1 saturated heterocycles. The molecule has 8 heteroatoms. The Morgan fingerprint density at radius 2 is 2.07 bits per heavy atom. The second-order valence-corrected chi connectivity index (χ2v) is 8.24. The summed E-state index contributed by atoms with van der Waals surface area (Å²) in [5.41, 5.74) is 7.16. The summed E-state index contributed by atoms with van der Waals surface area (Å²) in [5, 5.41) is 0.479. The molecule has 1 fully saturated rings. The van der Waals surface area contributed by atoms with Gasteiger partial charge < -0.3 is 24.7 Å². The molecular formula is C19H27ClN4O3. The molecule has 2 N–H and O–H groups in total. The Hall–Kier alpha value is -2.15. The highest BCUT2D eigenvalue weighted by atomic mass is 35.5. The average Bonchev–Trinajstić information content (AvgIpc) is 2.76. The number of imidazole rings is 1. The van der Waals surface area contributed by atoms with Crippen LogP contribution in [0.25, 0.3) is 11.0 Å². The number of hydrogen-bond acceptors (Lipinski definition) is 5. The van der Waals surface area contributed by atoms with Gasteiger partial charge in [0, 0.05) is 13.1 Å². The van der Waals surface area contributed by atoms with Crippen molar-refractivity contribution in [2.75, 3.05) is 25.9 Å². The Morgan fingerprint density at radius 3 is 2.74 bits per heavy atom. The van der Waals surface area contributed by atoms with Crippen molar-refractivity contribution in [2.45, 2.75) is 51.7 Å². The van der Waals surface area contributed by atoms with E-state index in [1.165, 1.54) is 0 Å². The number of likely N-dealkylation sites (tertiary alicyclic amines) is 1. The van der Waals surface area contributed by atoms with Crippen molar-refractivity contribution in [2.24, 2.45) is 0 Å². The quantitative estimate of drug-likeness (QED) is 0.823. The number of fused-ring (bicyclic) bond motifs is 1. The minimum absolute atomic E-state index is 0.0328. The van der Waals surface area contributed by atoms with E-state index in [1.54, 1.807) is 18.1 Å². The van der Waals surface area contributed by atoms with Crippen molar-refractivity contribution in [3.63, 3.8) is 0 Å². The van der Waals surface area contributed by atoms with E-state index in [9.17, 15) is 4.79 Å². The number of halogens is 1. The van der Waals surface area contributed by atoms with Crippen LogP contribution in [-0.4, -0.2) is 46.3 Å². The number of carbonyl (C=O) groups is 1. The van der Waals surface area contributed by atoms with Crippen LogP contribution in [0.3, 0.4) is 0 Å². The van der Waals surface area contributed by atoms with Gasteiger partial charge in [0.1, 0.15) is 16.4 Å². The maximum Gasteiger partial charge on any atom is 0.410 e. The number of hydrogen-bond donors (Lipinski definition) is 1. The molecule has 1 aromatic heterocycles. The molecule has 7 nitrogen and oxygen atoms in total. The highest BCUT2D eigenvalue weighted by Gasteiger charge is 2.29. The van der Waals surface area contributed by atoms with Crippen molar-refractivity contribution in [3.05, 3.63) is 17.2 Å². The normalized spacial score (nSPS) is 18.4. The average molecular weight is 395 g/mol. The first-order chi connectivity index (χ1) is 12.7. The fourth-order valence-corrected chi connectivity index (χ4v) is 3.83. The Balaban J connectivity index is 1.97. The number of carbonyl (C=O) groups excluding carboxylic acids is 1. The smallest absolute Gasteiger partial charge is 0.410 e. The fourth-order valence-electron chi connectivity index (χ4n) is 3.50. The molecule has 0 radical (unpaired) electrons. The Kier molecular flexibility index (Phi) is 5.42. The summed E-state index contributed by atoms with van der Waals surface area (Å²) in [6.45, 7) is 6.77. The van der Waals surface area contributed by atoms with E-state index in [0.29, 0.717) is 35.3 Å². The van der Waals surface area contributed by atoms with Gasteiger partial charge in [0.25, 0.3) is 0 Å². The SMILES string of the molecule is COc1ccc2nc(N)n([C@@H]3CCCCN(C(=O)OC(C)(C)C)C3)c2c1Cl. The van der Waals surface area contributed by atoms with E-state index in [-0.39, 0.29) is 12.1 Å². The van der Waals surface area contributed by atoms with Crippen LogP contribution in [-0.2, 0) is 4.74 Å². The largest absolute Gasteiger partial charge is 0.495 e. The summed E-state index contributed by atoms with van der Waals surface area (Å²) < 4.78 is 12.8. The van der Waals surface area contributed by atoms with Crippen LogP contribution in [0.5, 0.6) is 5.75 Å². The lowest BCUT2D eigenvalue weighted by Gasteiger charge is -2.29. The summed E-state index contributed by atoms with van der Waals surface area (Å²) >= 11 is 6.56. The summed E-state index contributed by atoms with van der Waals surface area (Å²) in [7, 11) is 1.58. The Labute approximate surface area is 164 Å². The van der Waals surface area contributed by atoms with Gasteiger partial charge in [-0.2, -0.15) is 0 Å². The van der Waals surface area contributed by atoms with E-state index in [1.807, 2.05) is 31.4 Å². The zero-order valence-electron chi connectivity index (χ0n) is 16.3. The molecule has 1 aromatic carbocycles. The minimum atomic E-state index is -0.531. The predicted molar refractivity (Wildman–Crippen MR) is 106 cm³/mol. The first-order valence-electron chi connectivity index (χ1n) is 9.19. The number of rotatable bonds is 2. The summed E-state index contributed by atoms with van der Waals surface area (Å²) in [6, 6.07) is 3.59. The standard InChI is InChI=1S/C19H27ClN4O3/c1-19(2,3)27-18(25)23-10-6-5-7-12(11-23)24-16-13(22-17(24)21)8-9-14(26-4)15(16)20/h8-9,12H,5-7,10-11H2,1-4H3,(H2,21,22)/t12-/m1/s1. The highest BCUT2D eigenvalue weighted by molar-refractivity contribution is 6.36. The molecular weight excluding hydrogens is 368 g/mol. The summed E-state index contributed by atoms with van der Waals surface area (Å²) in [4.78, 5) is 18.8. The van der Waals surface area contributed by atoms with E-state index in [2.05, 4.69) is 4.98 Å². The molecule has 1 aliphatic rings. The second-order valence-electron chi connectivity index (χ2n) is 7.87. The van der Waals surface area contributed by atoms with Crippen LogP contribution in [0.1, 0.15) is 46.1 Å². The van der Waals surface area contributed by atoms with Gasteiger partial charge >= 0.3 is 6.09 Å². The number of nitrogens with zero attached hydrogens (tertiary/aromatic N) is 3. The van der Waals surface area contributed by atoms with Gasteiger partial charge in [-0.05, 0) is 52.2 Å². The third-order valence-electron chi connectivity index (χ3n) is 4.67. The molecule has 1 aliphatic heterocycles. The van der Waals surface area contributed by atoms with Crippen LogP contribution < -0.4 is 10.5 Å². The number of nitrogens with two attached hydrogens (primary N) is 1. The number of ether oxygens (including phenoxy) is 2. The molecule has 0 unspecified atom stereocenters. The molecule has 1 atom stereocenters. The van der Waals surface area contributed by atoms with Crippen molar-refractivity contribution in [1.82, 2.24) is 14.5 Å². The monoisotopic (exact) mass is 394 g/mol. The molecule has 3 rings (SSSR count). The number of benzene rings is 1. The van der Waals surface area contributed by atoms with Crippen LogP contribution >= 0.6 is 11.6 Å². The Bertz CT molecular complexity index is 844. The molecule has 148 valence electrons. The Morgan fingerprint density at radius 1 is 1.33 bits per heavy atom. The lowest BCUT2D eigenvalue weighted by atomic mass is 10.1. The van der Waals surface area contributed by atoms with Crippen LogP contribution in [0.4, 0.5) is 10.7 Å². The number of methoxy groups -OCH3 is 1. The predicted octanol–water partition coefficient (Wildman–Crippen LogP) is 4.24. The van der Waals surface area contributed by atoms with Gasteiger partial charge in [-0.1, -0.05) is 11.6 Å². The van der Waals surface area contributed by atoms with Gasteiger partial charge in [0.2, 0.25) is 5.95 Å².